The molecule has 8 heteroatoms. The van der Waals surface area contributed by atoms with Crippen LogP contribution in [-0.4, -0.2) is 34.4 Å². The molecule has 132 valence electrons. The number of para-hydroxylation sites is 1. The number of tetrazole rings is 1. The number of benzene rings is 2. The molecule has 1 aliphatic heterocycles. The molecule has 0 aliphatic carbocycles. The van der Waals surface area contributed by atoms with Crippen molar-refractivity contribution >= 4 is 27.6 Å². The molecule has 0 unspecified atom stereocenters. The fraction of sp³-hybridized carbons (Fsp3) is 0.167. The number of methoxy groups -OCH3 is 2. The van der Waals surface area contributed by atoms with E-state index in [0.29, 0.717) is 17.4 Å². The molecule has 0 saturated heterocycles. The van der Waals surface area contributed by atoms with E-state index >= 15 is 0 Å². The first-order chi connectivity index (χ1) is 12.7. The smallest absolute Gasteiger partial charge is 0.248 e. The van der Waals surface area contributed by atoms with Crippen LogP contribution in [0.25, 0.3) is 5.70 Å². The Kier molecular flexibility index (Phi) is 4.34. The van der Waals surface area contributed by atoms with E-state index in [9.17, 15) is 0 Å². The maximum Gasteiger partial charge on any atom is 0.248 e. The summed E-state index contributed by atoms with van der Waals surface area (Å²) in [6.45, 7) is 0. The fourth-order valence-electron chi connectivity index (χ4n) is 3.04. The molecule has 0 amide bonds. The lowest BCUT2D eigenvalue weighted by atomic mass is 10.0. The van der Waals surface area contributed by atoms with Crippen LogP contribution in [0, 0.1) is 0 Å². The Labute approximate surface area is 158 Å². The fourth-order valence-corrected chi connectivity index (χ4v) is 3.44. The minimum Gasteiger partial charge on any atom is -0.493 e. The predicted octanol–water partition coefficient (Wildman–Crippen LogP) is 3.51. The number of aromatic nitrogens is 4. The lowest BCUT2D eigenvalue weighted by molar-refractivity contribution is 0.348. The van der Waals surface area contributed by atoms with Crippen LogP contribution in [0.4, 0.5) is 5.95 Å². The Morgan fingerprint density at radius 2 is 1.96 bits per heavy atom. The number of hydrogen-bond acceptors (Lipinski definition) is 6. The Balaban J connectivity index is 1.87. The zero-order valence-electron chi connectivity index (χ0n) is 14.2. The molecule has 0 saturated carbocycles. The third-order valence-corrected chi connectivity index (χ3v) is 4.71. The third-order valence-electron chi connectivity index (χ3n) is 4.21. The average Bonchev–Trinajstić information content (AvgIpc) is 3.15. The van der Waals surface area contributed by atoms with Gasteiger partial charge in [-0.2, -0.15) is 4.68 Å². The number of halogens is 1. The molecule has 1 N–H and O–H groups in total. The van der Waals surface area contributed by atoms with Gasteiger partial charge >= 0.3 is 0 Å². The van der Waals surface area contributed by atoms with E-state index in [1.807, 2.05) is 42.5 Å². The summed E-state index contributed by atoms with van der Waals surface area (Å²) in [6.07, 6.45) is 2.07. The Morgan fingerprint density at radius 1 is 1.12 bits per heavy atom. The second-order valence-electron chi connectivity index (χ2n) is 5.69. The van der Waals surface area contributed by atoms with Gasteiger partial charge in [-0.05, 0) is 40.3 Å². The topological polar surface area (TPSA) is 74.1 Å². The lowest BCUT2D eigenvalue weighted by Crippen LogP contribution is -2.21. The van der Waals surface area contributed by atoms with Crippen molar-refractivity contribution in [1.82, 2.24) is 20.2 Å². The molecular weight excluding hydrogens is 398 g/mol. The SMILES string of the molecule is COc1cccc([C@H]2C=C(c3cccc(Br)c3)Nc3nnnn32)c1OC. The van der Waals surface area contributed by atoms with Crippen molar-refractivity contribution in [3.8, 4) is 11.5 Å². The Hall–Kier alpha value is -2.87. The molecule has 0 radical (unpaired) electrons. The minimum absolute atomic E-state index is 0.236. The van der Waals surface area contributed by atoms with Gasteiger partial charge in [0, 0.05) is 15.7 Å². The van der Waals surface area contributed by atoms with Crippen LogP contribution in [0.15, 0.2) is 53.0 Å². The van der Waals surface area contributed by atoms with Gasteiger partial charge in [-0.25, -0.2) is 0 Å². The zero-order chi connectivity index (χ0) is 18.1. The number of rotatable bonds is 4. The van der Waals surface area contributed by atoms with E-state index in [0.717, 1.165) is 21.3 Å². The number of allylic oxidation sites excluding steroid dienone is 1. The van der Waals surface area contributed by atoms with E-state index in [1.54, 1.807) is 18.9 Å². The molecule has 7 nitrogen and oxygen atoms in total. The Morgan fingerprint density at radius 3 is 2.73 bits per heavy atom. The summed E-state index contributed by atoms with van der Waals surface area (Å²) in [7, 11) is 3.25. The van der Waals surface area contributed by atoms with Crippen molar-refractivity contribution < 1.29 is 9.47 Å². The number of nitrogens with zero attached hydrogens (tertiary/aromatic N) is 4. The van der Waals surface area contributed by atoms with Crippen molar-refractivity contribution in [1.29, 1.82) is 0 Å². The van der Waals surface area contributed by atoms with E-state index in [1.165, 1.54) is 0 Å². The molecule has 1 aromatic heterocycles. The van der Waals surface area contributed by atoms with E-state index in [-0.39, 0.29) is 6.04 Å². The molecule has 2 aromatic carbocycles. The monoisotopic (exact) mass is 413 g/mol. The number of ether oxygens (including phenoxy) is 2. The number of anilines is 1. The van der Waals surface area contributed by atoms with E-state index in [4.69, 9.17) is 9.47 Å². The summed E-state index contributed by atoms with van der Waals surface area (Å²) >= 11 is 3.52. The first-order valence-electron chi connectivity index (χ1n) is 7.95. The van der Waals surface area contributed by atoms with Gasteiger partial charge in [-0.3, -0.25) is 0 Å². The summed E-state index contributed by atoms with van der Waals surface area (Å²) in [5.41, 5.74) is 2.86. The van der Waals surface area contributed by atoms with Gasteiger partial charge in [-0.1, -0.05) is 45.3 Å². The molecule has 1 atom stereocenters. The van der Waals surface area contributed by atoms with Crippen molar-refractivity contribution in [3.63, 3.8) is 0 Å². The van der Waals surface area contributed by atoms with Crippen LogP contribution >= 0.6 is 15.9 Å². The highest BCUT2D eigenvalue weighted by molar-refractivity contribution is 9.10. The summed E-state index contributed by atoms with van der Waals surface area (Å²) in [6, 6.07) is 13.6. The molecule has 4 rings (SSSR count). The summed E-state index contributed by atoms with van der Waals surface area (Å²) in [5, 5.41) is 15.3. The zero-order valence-corrected chi connectivity index (χ0v) is 15.8. The maximum absolute atomic E-state index is 5.61. The highest BCUT2D eigenvalue weighted by atomic mass is 79.9. The third kappa shape index (κ3) is 2.82. The molecule has 26 heavy (non-hydrogen) atoms. The summed E-state index contributed by atoms with van der Waals surface area (Å²) in [5.74, 6) is 1.89. The highest BCUT2D eigenvalue weighted by Crippen LogP contribution is 2.40. The number of hydrogen-bond donors (Lipinski definition) is 1. The van der Waals surface area contributed by atoms with Gasteiger partial charge in [0.05, 0.1) is 14.2 Å². The van der Waals surface area contributed by atoms with Gasteiger partial charge in [0.15, 0.2) is 11.5 Å². The second kappa shape index (κ2) is 6.80. The van der Waals surface area contributed by atoms with Gasteiger partial charge in [0.25, 0.3) is 0 Å². The maximum atomic E-state index is 5.61. The normalized spacial score (nSPS) is 15.7. The minimum atomic E-state index is -0.236. The largest absolute Gasteiger partial charge is 0.493 e. The van der Waals surface area contributed by atoms with Crippen LogP contribution < -0.4 is 14.8 Å². The molecule has 3 aromatic rings. The van der Waals surface area contributed by atoms with Crippen LogP contribution in [0.3, 0.4) is 0 Å². The number of fused-ring (bicyclic) bond motifs is 1. The quantitative estimate of drug-likeness (QED) is 0.705. The van der Waals surface area contributed by atoms with Gasteiger partial charge in [0.1, 0.15) is 6.04 Å². The number of nitrogens with one attached hydrogen (secondary N) is 1. The van der Waals surface area contributed by atoms with Crippen molar-refractivity contribution in [3.05, 3.63) is 64.1 Å². The van der Waals surface area contributed by atoms with E-state index < -0.39 is 0 Å². The molecule has 0 spiro atoms. The Bertz CT molecular complexity index is 985. The van der Waals surface area contributed by atoms with Gasteiger partial charge in [0.2, 0.25) is 5.95 Å². The molecule has 0 fully saturated rings. The van der Waals surface area contributed by atoms with Crippen molar-refractivity contribution in [2.75, 3.05) is 19.5 Å². The van der Waals surface area contributed by atoms with Crippen molar-refractivity contribution in [2.45, 2.75) is 6.04 Å². The molecule has 1 aliphatic rings. The molecule has 0 bridgehead atoms. The van der Waals surface area contributed by atoms with Gasteiger partial charge < -0.3 is 14.8 Å². The van der Waals surface area contributed by atoms with E-state index in [2.05, 4.69) is 42.8 Å². The molecular formula is C18H16BrN5O2. The lowest BCUT2D eigenvalue weighted by Gasteiger charge is -2.25. The first-order valence-corrected chi connectivity index (χ1v) is 8.74. The van der Waals surface area contributed by atoms with Crippen LogP contribution in [0.1, 0.15) is 17.2 Å². The van der Waals surface area contributed by atoms with Crippen molar-refractivity contribution in [2.24, 2.45) is 0 Å². The summed E-state index contributed by atoms with van der Waals surface area (Å²) < 4.78 is 13.8. The van der Waals surface area contributed by atoms with Gasteiger partial charge in [-0.15, -0.1) is 0 Å². The van der Waals surface area contributed by atoms with Crippen LogP contribution in [0.2, 0.25) is 0 Å². The molecule has 2 heterocycles. The first kappa shape index (κ1) is 16.6. The summed E-state index contributed by atoms with van der Waals surface area (Å²) in [4.78, 5) is 0. The average molecular weight is 414 g/mol. The standard InChI is InChI=1S/C18H16BrN5O2/c1-25-16-8-4-7-13(17(16)26-2)15-10-14(11-5-3-6-12(19)9-11)20-18-21-22-23-24(15)18/h3-10,15H,1-2H3,(H,20,21,23)/t15-/m1/s1. The second-order valence-corrected chi connectivity index (χ2v) is 6.61. The van der Waals surface area contributed by atoms with Crippen LogP contribution in [0.5, 0.6) is 11.5 Å². The highest BCUT2D eigenvalue weighted by Gasteiger charge is 2.27. The predicted molar refractivity (Wildman–Crippen MR) is 101 cm³/mol. The van der Waals surface area contributed by atoms with Crippen LogP contribution in [-0.2, 0) is 0 Å².